The molecule has 7 heteroatoms. The molecule has 0 radical (unpaired) electrons. The van der Waals surface area contributed by atoms with E-state index in [1.54, 1.807) is 12.1 Å². The minimum Gasteiger partial charge on any atom is -0.507 e. The molecule has 0 saturated heterocycles. The number of phenolic OH excluding ortho intramolecular Hbond substituents is 1. The van der Waals surface area contributed by atoms with Crippen molar-refractivity contribution in [1.29, 1.82) is 0 Å². The Morgan fingerprint density at radius 1 is 0.800 bits per heavy atom. The van der Waals surface area contributed by atoms with Gasteiger partial charge in [0.2, 0.25) is 0 Å². The molecule has 3 aromatic carbocycles. The van der Waals surface area contributed by atoms with E-state index in [2.05, 4.69) is 6.92 Å². The smallest absolute Gasteiger partial charge is 0.309 e. The van der Waals surface area contributed by atoms with Crippen LogP contribution in [0.15, 0.2) is 66.7 Å². The molecule has 208 valence electrons. The lowest BCUT2D eigenvalue weighted by Gasteiger charge is -2.14. The summed E-state index contributed by atoms with van der Waals surface area (Å²) < 4.78 is 11.1. The van der Waals surface area contributed by atoms with Gasteiger partial charge in [0.05, 0.1) is 11.5 Å². The Bertz CT molecular complexity index is 1360. The number of ether oxygens (including phenoxy) is 2. The molecule has 1 aromatic heterocycles. The highest BCUT2D eigenvalue weighted by Gasteiger charge is 2.18. The van der Waals surface area contributed by atoms with Gasteiger partial charge in [-0.1, -0.05) is 86.3 Å². The topological polar surface area (TPSA) is 94.4 Å². The van der Waals surface area contributed by atoms with E-state index < -0.39 is 0 Å². The van der Waals surface area contributed by atoms with Crippen LogP contribution in [0.2, 0.25) is 0 Å². The Balaban J connectivity index is 1.52. The number of esters is 1. The van der Waals surface area contributed by atoms with Crippen molar-refractivity contribution in [3.63, 3.8) is 0 Å². The van der Waals surface area contributed by atoms with Gasteiger partial charge < -0.3 is 14.6 Å². The second kappa shape index (κ2) is 13.7. The summed E-state index contributed by atoms with van der Waals surface area (Å²) in [6.07, 6.45) is 3.67. The van der Waals surface area contributed by atoms with Crippen LogP contribution in [-0.2, 0) is 9.53 Å². The number of carbonyl (C=O) groups excluding carboxylic acids is 1. The lowest BCUT2D eigenvalue weighted by atomic mass is 10.00. The number of unbranched alkanes of at least 4 members (excludes halogenated alkanes) is 1. The predicted molar refractivity (Wildman–Crippen MR) is 157 cm³/mol. The summed E-state index contributed by atoms with van der Waals surface area (Å²) in [6.45, 7) is 8.51. The van der Waals surface area contributed by atoms with Gasteiger partial charge in [0, 0.05) is 17.2 Å². The van der Waals surface area contributed by atoms with E-state index in [9.17, 15) is 9.90 Å². The highest BCUT2D eigenvalue weighted by molar-refractivity contribution is 5.72. The summed E-state index contributed by atoms with van der Waals surface area (Å²) in [4.78, 5) is 26.4. The molecule has 1 atom stereocenters. The molecular weight excluding hydrogens is 502 g/mol. The summed E-state index contributed by atoms with van der Waals surface area (Å²) in [6, 6.07) is 20.9. The van der Waals surface area contributed by atoms with Gasteiger partial charge in [0.1, 0.15) is 24.7 Å². The van der Waals surface area contributed by atoms with Crippen LogP contribution >= 0.6 is 0 Å². The normalized spacial score (nSPS) is 11.7. The van der Waals surface area contributed by atoms with Gasteiger partial charge in [0.15, 0.2) is 17.5 Å². The van der Waals surface area contributed by atoms with E-state index in [0.717, 1.165) is 47.9 Å². The van der Waals surface area contributed by atoms with Crippen LogP contribution in [-0.4, -0.2) is 39.2 Å². The zero-order chi connectivity index (χ0) is 28.5. The first-order valence-corrected chi connectivity index (χ1v) is 13.9. The number of carbonyl (C=O) groups is 1. The average Bonchev–Trinajstić information content (AvgIpc) is 2.96. The first-order chi connectivity index (χ1) is 19.4. The molecule has 0 aliphatic carbocycles. The molecule has 0 saturated carbocycles. The lowest BCUT2D eigenvalue weighted by molar-refractivity contribution is -0.149. The van der Waals surface area contributed by atoms with Crippen molar-refractivity contribution in [1.82, 2.24) is 15.0 Å². The maximum atomic E-state index is 12.3. The molecule has 40 heavy (non-hydrogen) atoms. The van der Waals surface area contributed by atoms with Gasteiger partial charge in [-0.25, -0.2) is 15.0 Å². The monoisotopic (exact) mass is 539 g/mol. The molecule has 4 aromatic rings. The van der Waals surface area contributed by atoms with Gasteiger partial charge in [-0.15, -0.1) is 0 Å². The van der Waals surface area contributed by atoms with Gasteiger partial charge in [-0.3, -0.25) is 4.79 Å². The van der Waals surface area contributed by atoms with E-state index in [-0.39, 0.29) is 30.9 Å². The van der Waals surface area contributed by atoms with Crippen molar-refractivity contribution in [3.05, 3.63) is 77.9 Å². The van der Waals surface area contributed by atoms with E-state index in [1.165, 1.54) is 6.07 Å². The van der Waals surface area contributed by atoms with Crippen LogP contribution in [0.25, 0.3) is 34.2 Å². The zero-order valence-electron chi connectivity index (χ0n) is 23.7. The number of benzene rings is 3. The van der Waals surface area contributed by atoms with Gasteiger partial charge in [0.25, 0.3) is 0 Å². The summed E-state index contributed by atoms with van der Waals surface area (Å²) in [5.41, 5.74) is 4.46. The Labute approximate surface area is 236 Å². The fourth-order valence-electron chi connectivity index (χ4n) is 4.31. The standard InChI is InChI=1S/C33H37N3O4/c1-5-7-8-24(6-2)33(38)40-20-19-39-27-17-18-28(29(37)21-27)32-35-30(25-13-9-22(3)10-14-25)34-31(36-32)26-15-11-23(4)12-16-26/h9-18,21,24,37H,5-8,19-20H2,1-4H3. The van der Waals surface area contributed by atoms with Gasteiger partial charge in [-0.2, -0.15) is 0 Å². The second-order valence-corrected chi connectivity index (χ2v) is 9.98. The molecule has 0 fully saturated rings. The summed E-state index contributed by atoms with van der Waals surface area (Å²) in [7, 11) is 0. The molecule has 0 spiro atoms. The number of hydrogen-bond acceptors (Lipinski definition) is 7. The van der Waals surface area contributed by atoms with Crippen molar-refractivity contribution in [2.45, 2.75) is 53.4 Å². The van der Waals surface area contributed by atoms with Crippen LogP contribution < -0.4 is 4.74 Å². The number of phenols is 1. The van der Waals surface area contributed by atoms with Crippen LogP contribution in [0.1, 0.15) is 50.7 Å². The fourth-order valence-corrected chi connectivity index (χ4v) is 4.31. The second-order valence-electron chi connectivity index (χ2n) is 9.98. The number of rotatable bonds is 12. The lowest BCUT2D eigenvalue weighted by Crippen LogP contribution is -2.20. The van der Waals surface area contributed by atoms with Crippen LogP contribution in [0, 0.1) is 19.8 Å². The summed E-state index contributed by atoms with van der Waals surface area (Å²) in [5.74, 6) is 1.59. The van der Waals surface area contributed by atoms with Crippen molar-refractivity contribution >= 4 is 5.97 Å². The van der Waals surface area contributed by atoms with E-state index in [1.807, 2.05) is 69.3 Å². The Morgan fingerprint density at radius 3 is 1.90 bits per heavy atom. The molecule has 1 heterocycles. The number of hydrogen-bond donors (Lipinski definition) is 1. The van der Waals surface area contributed by atoms with Crippen LogP contribution in [0.4, 0.5) is 0 Å². The van der Waals surface area contributed by atoms with Crippen LogP contribution in [0.3, 0.4) is 0 Å². The highest BCUT2D eigenvalue weighted by Crippen LogP contribution is 2.33. The maximum absolute atomic E-state index is 12.3. The third kappa shape index (κ3) is 7.44. The third-order valence-electron chi connectivity index (χ3n) is 6.79. The SMILES string of the molecule is CCCCC(CC)C(=O)OCCOc1ccc(-c2nc(-c3ccc(C)cc3)nc(-c3ccc(C)cc3)n2)c(O)c1. The molecule has 7 nitrogen and oxygen atoms in total. The average molecular weight is 540 g/mol. The van der Waals surface area contributed by atoms with Gasteiger partial charge in [-0.05, 0) is 38.8 Å². The zero-order valence-corrected chi connectivity index (χ0v) is 23.7. The largest absolute Gasteiger partial charge is 0.507 e. The van der Waals surface area contributed by atoms with E-state index in [0.29, 0.717) is 28.8 Å². The first kappa shape index (κ1) is 28.7. The fraction of sp³-hybridized carbons (Fsp3) is 0.333. The van der Waals surface area contributed by atoms with Gasteiger partial charge >= 0.3 is 5.97 Å². The Hall–Kier alpha value is -4.26. The molecule has 0 aliphatic heterocycles. The van der Waals surface area contributed by atoms with E-state index in [4.69, 9.17) is 24.4 Å². The quantitative estimate of drug-likeness (QED) is 0.149. The summed E-state index contributed by atoms with van der Waals surface area (Å²) in [5, 5.41) is 10.9. The minimum atomic E-state index is -0.179. The Kier molecular flexibility index (Phi) is 9.84. The first-order valence-electron chi connectivity index (χ1n) is 13.9. The summed E-state index contributed by atoms with van der Waals surface area (Å²) >= 11 is 0. The molecule has 1 unspecified atom stereocenters. The predicted octanol–water partition coefficient (Wildman–Crippen LogP) is 7.33. The van der Waals surface area contributed by atoms with E-state index >= 15 is 0 Å². The maximum Gasteiger partial charge on any atom is 0.309 e. The van der Waals surface area contributed by atoms with Crippen molar-refractivity contribution in [3.8, 4) is 45.7 Å². The molecule has 0 amide bonds. The molecular formula is C33H37N3O4. The van der Waals surface area contributed by atoms with Crippen molar-refractivity contribution < 1.29 is 19.4 Å². The number of aryl methyl sites for hydroxylation is 2. The minimum absolute atomic E-state index is 0.0176. The molecule has 1 N–H and O–H groups in total. The number of nitrogens with zero attached hydrogens (tertiary/aromatic N) is 3. The molecule has 0 aliphatic rings. The third-order valence-corrected chi connectivity index (χ3v) is 6.79. The molecule has 0 bridgehead atoms. The van der Waals surface area contributed by atoms with Crippen LogP contribution in [0.5, 0.6) is 11.5 Å². The number of aromatic nitrogens is 3. The Morgan fingerprint density at radius 2 is 1.38 bits per heavy atom. The van der Waals surface area contributed by atoms with Crippen molar-refractivity contribution in [2.75, 3.05) is 13.2 Å². The van der Waals surface area contributed by atoms with Crippen molar-refractivity contribution in [2.24, 2.45) is 5.92 Å². The highest BCUT2D eigenvalue weighted by atomic mass is 16.6. The number of aromatic hydroxyl groups is 1. The molecule has 4 rings (SSSR count).